The molecule has 6 rings (SSSR count). The van der Waals surface area contributed by atoms with Gasteiger partial charge in [0.2, 0.25) is 0 Å². The zero-order chi connectivity index (χ0) is 27.3. The van der Waals surface area contributed by atoms with Gasteiger partial charge in [0.1, 0.15) is 11.8 Å². The SMILES string of the molecule is Cn1cnc2cccc([C@H](Nc3cc(Cl)c4ncc(C#N)c(NCC(C)(C)C)c4c3)c3cn(C4CC4)nn3)c21. The van der Waals surface area contributed by atoms with Gasteiger partial charge in [-0.1, -0.05) is 49.7 Å². The number of fused-ring (bicyclic) bond motifs is 2. The Morgan fingerprint density at radius 2 is 2.03 bits per heavy atom. The molecular formula is C29H30ClN9. The molecule has 39 heavy (non-hydrogen) atoms. The van der Waals surface area contributed by atoms with Crippen molar-refractivity contribution in [1.29, 1.82) is 5.26 Å². The highest BCUT2D eigenvalue weighted by Crippen LogP contribution is 2.38. The van der Waals surface area contributed by atoms with Crippen molar-refractivity contribution in [2.45, 2.75) is 45.7 Å². The summed E-state index contributed by atoms with van der Waals surface area (Å²) in [6.45, 7) is 7.13. The molecule has 198 valence electrons. The van der Waals surface area contributed by atoms with E-state index in [-0.39, 0.29) is 11.5 Å². The summed E-state index contributed by atoms with van der Waals surface area (Å²) >= 11 is 6.79. The largest absolute Gasteiger partial charge is 0.383 e. The molecule has 1 aliphatic rings. The Bertz CT molecular complexity index is 1730. The van der Waals surface area contributed by atoms with Gasteiger partial charge in [-0.25, -0.2) is 9.67 Å². The molecule has 0 radical (unpaired) electrons. The molecule has 0 spiro atoms. The maximum absolute atomic E-state index is 9.84. The summed E-state index contributed by atoms with van der Waals surface area (Å²) in [5, 5.41) is 27.3. The van der Waals surface area contributed by atoms with Crippen LogP contribution in [0.5, 0.6) is 0 Å². The molecule has 5 aromatic rings. The van der Waals surface area contributed by atoms with Crippen LogP contribution >= 0.6 is 11.6 Å². The Labute approximate surface area is 231 Å². The van der Waals surface area contributed by atoms with Gasteiger partial charge in [0.05, 0.1) is 57.4 Å². The molecule has 0 aliphatic heterocycles. The van der Waals surface area contributed by atoms with E-state index in [1.165, 1.54) is 0 Å². The number of hydrogen-bond donors (Lipinski definition) is 2. The molecule has 1 fully saturated rings. The summed E-state index contributed by atoms with van der Waals surface area (Å²) in [6.07, 6.45) is 7.67. The first kappa shape index (κ1) is 25.1. The monoisotopic (exact) mass is 539 g/mol. The molecule has 3 heterocycles. The highest BCUT2D eigenvalue weighted by molar-refractivity contribution is 6.35. The first-order valence-electron chi connectivity index (χ1n) is 13.1. The second kappa shape index (κ2) is 9.54. The highest BCUT2D eigenvalue weighted by atomic mass is 35.5. The summed E-state index contributed by atoms with van der Waals surface area (Å²) in [4.78, 5) is 9.07. The Morgan fingerprint density at radius 1 is 1.21 bits per heavy atom. The minimum absolute atomic E-state index is 0.0161. The topological polar surface area (TPSA) is 109 Å². The fraction of sp³-hybridized carbons (Fsp3) is 0.345. The molecular weight excluding hydrogens is 510 g/mol. The number of rotatable bonds is 7. The van der Waals surface area contributed by atoms with Gasteiger partial charge in [-0.15, -0.1) is 5.10 Å². The van der Waals surface area contributed by atoms with Gasteiger partial charge in [0.15, 0.2) is 0 Å². The zero-order valence-corrected chi connectivity index (χ0v) is 23.2. The van der Waals surface area contributed by atoms with Crippen LogP contribution in [0.15, 0.2) is 49.1 Å². The molecule has 2 aromatic carbocycles. The molecule has 1 saturated carbocycles. The van der Waals surface area contributed by atoms with Crippen molar-refractivity contribution in [2.24, 2.45) is 12.5 Å². The van der Waals surface area contributed by atoms with Gasteiger partial charge in [-0.2, -0.15) is 5.26 Å². The molecule has 1 atom stereocenters. The van der Waals surface area contributed by atoms with Gasteiger partial charge < -0.3 is 15.2 Å². The summed E-state index contributed by atoms with van der Waals surface area (Å²) in [5.74, 6) is 0. The third-order valence-electron chi connectivity index (χ3n) is 6.98. The predicted octanol–water partition coefficient (Wildman–Crippen LogP) is 6.23. The van der Waals surface area contributed by atoms with Gasteiger partial charge in [0, 0.05) is 36.4 Å². The number of nitrogens with zero attached hydrogens (tertiary/aromatic N) is 7. The lowest BCUT2D eigenvalue weighted by molar-refractivity contribution is 0.443. The molecule has 0 saturated heterocycles. The quantitative estimate of drug-likeness (QED) is 0.252. The minimum Gasteiger partial charge on any atom is -0.383 e. The average molecular weight is 540 g/mol. The van der Waals surface area contributed by atoms with E-state index in [0.29, 0.717) is 28.7 Å². The molecule has 1 aliphatic carbocycles. The fourth-order valence-corrected chi connectivity index (χ4v) is 5.13. The standard InChI is InChI=1S/C29H30ClN9/c1-29(2,3)15-33-25-17(12-31)13-32-26-21(25)10-18(11-22(26)30)35-27(24-14-39(37-36-24)19-8-9-19)20-6-5-7-23-28(20)38(4)16-34-23/h5-7,10-11,13-14,16,19,27,35H,8-9,15H2,1-4H3,(H,32,33)/t27-/m0/s1. The van der Waals surface area contributed by atoms with Gasteiger partial charge >= 0.3 is 0 Å². The smallest absolute Gasteiger partial charge is 0.110 e. The van der Waals surface area contributed by atoms with E-state index in [9.17, 15) is 5.26 Å². The van der Waals surface area contributed by atoms with Gasteiger partial charge in [0.25, 0.3) is 0 Å². The van der Waals surface area contributed by atoms with Crippen molar-refractivity contribution in [2.75, 3.05) is 17.2 Å². The molecule has 10 heteroatoms. The van der Waals surface area contributed by atoms with E-state index in [1.807, 2.05) is 53.1 Å². The second-order valence-corrected chi connectivity index (χ2v) is 11.8. The lowest BCUT2D eigenvalue weighted by Gasteiger charge is -2.23. The number of benzene rings is 2. The van der Waals surface area contributed by atoms with Crippen LogP contribution in [0.25, 0.3) is 21.9 Å². The van der Waals surface area contributed by atoms with E-state index in [4.69, 9.17) is 11.6 Å². The van der Waals surface area contributed by atoms with Crippen molar-refractivity contribution < 1.29 is 0 Å². The molecule has 0 unspecified atom stereocenters. The van der Waals surface area contributed by atoms with E-state index in [1.54, 1.807) is 6.20 Å². The Balaban J connectivity index is 1.48. The number of pyridine rings is 1. The zero-order valence-electron chi connectivity index (χ0n) is 22.4. The van der Waals surface area contributed by atoms with Crippen molar-refractivity contribution in [3.8, 4) is 6.07 Å². The van der Waals surface area contributed by atoms with Crippen molar-refractivity contribution in [3.63, 3.8) is 0 Å². The Morgan fingerprint density at radius 3 is 2.77 bits per heavy atom. The molecule has 3 aromatic heterocycles. The second-order valence-electron chi connectivity index (χ2n) is 11.4. The number of para-hydroxylation sites is 1. The number of nitrogens with one attached hydrogen (secondary N) is 2. The van der Waals surface area contributed by atoms with Crippen LogP contribution in [0.4, 0.5) is 11.4 Å². The summed E-state index contributed by atoms with van der Waals surface area (Å²) in [5.41, 5.74) is 6.41. The van der Waals surface area contributed by atoms with Crippen molar-refractivity contribution in [3.05, 3.63) is 70.9 Å². The number of halogens is 1. The predicted molar refractivity (Wildman–Crippen MR) is 154 cm³/mol. The highest BCUT2D eigenvalue weighted by Gasteiger charge is 2.28. The molecule has 2 N–H and O–H groups in total. The van der Waals surface area contributed by atoms with Crippen LogP contribution < -0.4 is 10.6 Å². The maximum Gasteiger partial charge on any atom is 0.110 e. The molecule has 0 amide bonds. The fourth-order valence-electron chi connectivity index (χ4n) is 4.87. The third-order valence-corrected chi connectivity index (χ3v) is 7.26. The summed E-state index contributed by atoms with van der Waals surface area (Å²) in [6, 6.07) is 12.4. The minimum atomic E-state index is -0.316. The van der Waals surface area contributed by atoms with E-state index in [2.05, 4.69) is 63.8 Å². The summed E-state index contributed by atoms with van der Waals surface area (Å²) < 4.78 is 3.98. The van der Waals surface area contributed by atoms with Crippen LogP contribution in [0.1, 0.15) is 62.5 Å². The molecule has 0 bridgehead atoms. The van der Waals surface area contributed by atoms with Gasteiger partial charge in [-0.05, 0) is 36.5 Å². The average Bonchev–Trinajstić information content (AvgIpc) is 3.52. The van der Waals surface area contributed by atoms with Crippen LogP contribution in [0.2, 0.25) is 5.02 Å². The van der Waals surface area contributed by atoms with E-state index >= 15 is 0 Å². The van der Waals surface area contributed by atoms with Gasteiger partial charge in [-0.3, -0.25) is 4.98 Å². The van der Waals surface area contributed by atoms with Crippen molar-refractivity contribution in [1.82, 2.24) is 29.5 Å². The molecule has 9 nitrogen and oxygen atoms in total. The number of aromatic nitrogens is 6. The number of hydrogen-bond acceptors (Lipinski definition) is 7. The maximum atomic E-state index is 9.84. The first-order valence-corrected chi connectivity index (χ1v) is 13.4. The summed E-state index contributed by atoms with van der Waals surface area (Å²) in [7, 11) is 1.99. The Kier molecular flexibility index (Phi) is 6.15. The van der Waals surface area contributed by atoms with E-state index < -0.39 is 0 Å². The van der Waals surface area contributed by atoms with Crippen LogP contribution in [-0.4, -0.2) is 36.1 Å². The number of nitriles is 1. The number of imidazole rings is 1. The Hall–Kier alpha value is -4.16. The first-order chi connectivity index (χ1) is 18.7. The van der Waals surface area contributed by atoms with Crippen LogP contribution in [0, 0.1) is 16.7 Å². The normalized spacial score (nSPS) is 14.5. The lowest BCUT2D eigenvalue weighted by atomic mass is 9.96. The van der Waals surface area contributed by atoms with Crippen LogP contribution in [0.3, 0.4) is 0 Å². The third kappa shape index (κ3) is 4.88. The van der Waals surface area contributed by atoms with E-state index in [0.717, 1.165) is 51.9 Å². The number of aryl methyl sites for hydroxylation is 1. The number of anilines is 2. The lowest BCUT2D eigenvalue weighted by Crippen LogP contribution is -2.20. The van der Waals surface area contributed by atoms with Crippen LogP contribution in [-0.2, 0) is 7.05 Å². The van der Waals surface area contributed by atoms with Crippen molar-refractivity contribution >= 4 is 44.9 Å².